The molecular formula is C14H12N4OS. The van der Waals surface area contributed by atoms with Crippen molar-refractivity contribution in [2.24, 2.45) is 0 Å². The maximum atomic E-state index is 12.3. The van der Waals surface area contributed by atoms with Crippen molar-refractivity contribution in [2.75, 3.05) is 0 Å². The molecule has 2 heterocycles. The van der Waals surface area contributed by atoms with Gasteiger partial charge in [-0.25, -0.2) is 0 Å². The fourth-order valence-electron chi connectivity index (χ4n) is 1.89. The van der Waals surface area contributed by atoms with Crippen LogP contribution in [0.3, 0.4) is 0 Å². The summed E-state index contributed by atoms with van der Waals surface area (Å²) in [5, 5.41) is 14.5. The zero-order valence-corrected chi connectivity index (χ0v) is 11.4. The van der Waals surface area contributed by atoms with Crippen LogP contribution in [0.4, 0.5) is 0 Å². The van der Waals surface area contributed by atoms with Crippen molar-refractivity contribution in [3.8, 4) is 5.69 Å². The largest absolute Gasteiger partial charge is 0.348 e. The molecule has 6 heteroatoms. The third-order valence-corrected chi connectivity index (χ3v) is 3.61. The Labute approximate surface area is 119 Å². The molecule has 0 bridgehead atoms. The number of carbonyl (C=O) groups excluding carboxylic acids is 1. The highest BCUT2D eigenvalue weighted by Crippen LogP contribution is 2.14. The maximum absolute atomic E-state index is 12.3. The van der Waals surface area contributed by atoms with Gasteiger partial charge in [0.05, 0.1) is 11.3 Å². The Bertz CT molecular complexity index is 692. The summed E-state index contributed by atoms with van der Waals surface area (Å²) in [5.41, 5.74) is 2.47. The Balaban J connectivity index is 1.81. The smallest absolute Gasteiger partial charge is 0.253 e. The number of nitrogens with one attached hydrogen (secondary N) is 1. The molecule has 20 heavy (non-hydrogen) atoms. The van der Waals surface area contributed by atoms with Gasteiger partial charge in [0.1, 0.15) is 12.7 Å². The van der Waals surface area contributed by atoms with Gasteiger partial charge in [0, 0.05) is 6.54 Å². The van der Waals surface area contributed by atoms with Gasteiger partial charge >= 0.3 is 0 Å². The van der Waals surface area contributed by atoms with Crippen LogP contribution in [-0.2, 0) is 6.54 Å². The third kappa shape index (κ3) is 2.60. The van der Waals surface area contributed by atoms with E-state index >= 15 is 0 Å². The molecule has 2 aromatic heterocycles. The Morgan fingerprint density at radius 2 is 2.00 bits per heavy atom. The molecule has 0 aliphatic carbocycles. The second-order valence-electron chi connectivity index (χ2n) is 4.20. The third-order valence-electron chi connectivity index (χ3n) is 2.88. The van der Waals surface area contributed by atoms with E-state index in [1.807, 2.05) is 35.0 Å². The first-order valence-corrected chi connectivity index (χ1v) is 7.02. The highest BCUT2D eigenvalue weighted by atomic mass is 32.1. The number of hydrogen-bond donors (Lipinski definition) is 1. The summed E-state index contributed by atoms with van der Waals surface area (Å²) in [6, 6.07) is 9.37. The van der Waals surface area contributed by atoms with Crippen LogP contribution >= 0.6 is 11.3 Å². The van der Waals surface area contributed by atoms with E-state index in [4.69, 9.17) is 0 Å². The number of carbonyl (C=O) groups is 1. The Kier molecular flexibility index (Phi) is 3.56. The minimum absolute atomic E-state index is 0.111. The van der Waals surface area contributed by atoms with Crippen LogP contribution in [0.15, 0.2) is 53.7 Å². The second kappa shape index (κ2) is 5.66. The summed E-state index contributed by atoms with van der Waals surface area (Å²) in [6.45, 7) is 0.527. The second-order valence-corrected chi connectivity index (χ2v) is 4.98. The van der Waals surface area contributed by atoms with Crippen LogP contribution in [0, 0.1) is 0 Å². The summed E-state index contributed by atoms with van der Waals surface area (Å²) < 4.78 is 1.72. The van der Waals surface area contributed by atoms with Crippen LogP contribution in [-0.4, -0.2) is 20.7 Å². The highest BCUT2D eigenvalue weighted by molar-refractivity contribution is 7.07. The van der Waals surface area contributed by atoms with Crippen LogP contribution in [0.5, 0.6) is 0 Å². The minimum atomic E-state index is -0.111. The van der Waals surface area contributed by atoms with Gasteiger partial charge in [-0.1, -0.05) is 12.1 Å². The van der Waals surface area contributed by atoms with E-state index in [9.17, 15) is 4.79 Å². The van der Waals surface area contributed by atoms with Gasteiger partial charge in [-0.2, -0.15) is 11.3 Å². The van der Waals surface area contributed by atoms with Crippen LogP contribution in [0.1, 0.15) is 15.9 Å². The molecule has 3 rings (SSSR count). The van der Waals surface area contributed by atoms with Gasteiger partial charge in [0.25, 0.3) is 5.91 Å². The van der Waals surface area contributed by atoms with E-state index < -0.39 is 0 Å². The quantitative estimate of drug-likeness (QED) is 0.799. The molecule has 1 N–H and O–H groups in total. The van der Waals surface area contributed by atoms with Gasteiger partial charge < -0.3 is 5.32 Å². The summed E-state index contributed by atoms with van der Waals surface area (Å²) in [4.78, 5) is 12.3. The van der Waals surface area contributed by atoms with Crippen molar-refractivity contribution < 1.29 is 4.79 Å². The molecule has 0 spiro atoms. The first kappa shape index (κ1) is 12.6. The van der Waals surface area contributed by atoms with Crippen molar-refractivity contribution in [3.05, 3.63) is 64.9 Å². The number of rotatable bonds is 4. The molecule has 0 fully saturated rings. The predicted molar refractivity (Wildman–Crippen MR) is 76.8 cm³/mol. The van der Waals surface area contributed by atoms with Gasteiger partial charge in [0.2, 0.25) is 0 Å². The minimum Gasteiger partial charge on any atom is -0.348 e. The SMILES string of the molecule is O=C(NCc1ccsc1)c1ccccc1-n1cnnc1. The molecular weight excluding hydrogens is 272 g/mol. The normalized spacial score (nSPS) is 10.4. The molecule has 0 saturated heterocycles. The molecule has 0 saturated carbocycles. The fourth-order valence-corrected chi connectivity index (χ4v) is 2.56. The molecule has 3 aromatic rings. The number of para-hydroxylation sites is 1. The van der Waals surface area contributed by atoms with Crippen LogP contribution in [0.25, 0.3) is 5.69 Å². The van der Waals surface area contributed by atoms with Crippen molar-refractivity contribution in [3.63, 3.8) is 0 Å². The number of amides is 1. The Hall–Kier alpha value is -2.47. The number of nitrogens with zero attached hydrogens (tertiary/aromatic N) is 3. The van der Waals surface area contributed by atoms with E-state index in [1.165, 1.54) is 0 Å². The van der Waals surface area contributed by atoms with Crippen molar-refractivity contribution in [1.29, 1.82) is 0 Å². The van der Waals surface area contributed by atoms with Gasteiger partial charge in [-0.3, -0.25) is 9.36 Å². The summed E-state index contributed by atoms with van der Waals surface area (Å²) in [6.07, 6.45) is 3.15. The molecule has 0 aliphatic rings. The van der Waals surface area contributed by atoms with E-state index in [0.717, 1.165) is 11.3 Å². The van der Waals surface area contributed by atoms with Crippen molar-refractivity contribution in [2.45, 2.75) is 6.54 Å². The lowest BCUT2D eigenvalue weighted by Gasteiger charge is -2.09. The highest BCUT2D eigenvalue weighted by Gasteiger charge is 2.11. The molecule has 1 aromatic carbocycles. The zero-order chi connectivity index (χ0) is 13.8. The van der Waals surface area contributed by atoms with Crippen LogP contribution in [0.2, 0.25) is 0 Å². The predicted octanol–water partition coefficient (Wildman–Crippen LogP) is 2.26. The van der Waals surface area contributed by atoms with Crippen molar-refractivity contribution >= 4 is 17.2 Å². The molecule has 0 radical (unpaired) electrons. The maximum Gasteiger partial charge on any atom is 0.253 e. The average molecular weight is 284 g/mol. The summed E-state index contributed by atoms with van der Waals surface area (Å²) in [7, 11) is 0. The summed E-state index contributed by atoms with van der Waals surface area (Å²) >= 11 is 1.62. The van der Waals surface area contributed by atoms with E-state index in [-0.39, 0.29) is 5.91 Å². The Morgan fingerprint density at radius 1 is 1.20 bits per heavy atom. The van der Waals surface area contributed by atoms with Gasteiger partial charge in [0.15, 0.2) is 0 Å². The van der Waals surface area contributed by atoms with Crippen molar-refractivity contribution in [1.82, 2.24) is 20.1 Å². The average Bonchev–Trinajstić information content (AvgIpc) is 3.18. The lowest BCUT2D eigenvalue weighted by Crippen LogP contribution is -2.23. The van der Waals surface area contributed by atoms with Gasteiger partial charge in [-0.05, 0) is 34.5 Å². The molecule has 0 aliphatic heterocycles. The van der Waals surface area contributed by atoms with E-state index in [2.05, 4.69) is 15.5 Å². The number of thiophene rings is 1. The summed E-state index contributed by atoms with van der Waals surface area (Å²) in [5.74, 6) is -0.111. The molecule has 100 valence electrons. The lowest BCUT2D eigenvalue weighted by atomic mass is 10.1. The topological polar surface area (TPSA) is 59.8 Å². The molecule has 1 amide bonds. The standard InChI is InChI=1S/C14H12N4OS/c19-14(15-7-11-5-6-20-8-11)12-3-1-2-4-13(12)18-9-16-17-10-18/h1-6,8-10H,7H2,(H,15,19). The number of hydrogen-bond acceptors (Lipinski definition) is 4. The molecule has 0 atom stereocenters. The Morgan fingerprint density at radius 3 is 2.75 bits per heavy atom. The van der Waals surface area contributed by atoms with E-state index in [1.54, 1.807) is 34.6 Å². The zero-order valence-electron chi connectivity index (χ0n) is 10.6. The number of aromatic nitrogens is 3. The van der Waals surface area contributed by atoms with Crippen LogP contribution < -0.4 is 5.32 Å². The molecule has 0 unspecified atom stereocenters. The fraction of sp³-hybridized carbons (Fsp3) is 0.0714. The first-order chi connectivity index (χ1) is 9.84. The molecule has 5 nitrogen and oxygen atoms in total. The lowest BCUT2D eigenvalue weighted by molar-refractivity contribution is 0.0951. The first-order valence-electron chi connectivity index (χ1n) is 6.08. The van der Waals surface area contributed by atoms with E-state index in [0.29, 0.717) is 12.1 Å². The van der Waals surface area contributed by atoms with Gasteiger partial charge in [-0.15, -0.1) is 10.2 Å². The number of benzene rings is 1. The monoisotopic (exact) mass is 284 g/mol.